The number of rotatable bonds is 3. The van der Waals surface area contributed by atoms with Gasteiger partial charge in [0.25, 0.3) is 0 Å². The number of amides is 1. The molecule has 1 saturated heterocycles. The first-order valence-electron chi connectivity index (χ1n) is 7.73. The van der Waals surface area contributed by atoms with Gasteiger partial charge in [-0.3, -0.25) is 0 Å². The molecule has 0 radical (unpaired) electrons. The van der Waals surface area contributed by atoms with Crippen LogP contribution in [0.15, 0.2) is 12.4 Å². The summed E-state index contributed by atoms with van der Waals surface area (Å²) >= 11 is 0. The number of aromatic nitrogens is 2. The molecule has 1 aromatic heterocycles. The summed E-state index contributed by atoms with van der Waals surface area (Å²) < 4.78 is 11.2. The molecule has 1 amide bonds. The molecule has 1 fully saturated rings. The van der Waals surface area contributed by atoms with Gasteiger partial charge in [-0.15, -0.1) is 0 Å². The zero-order valence-corrected chi connectivity index (χ0v) is 13.8. The second kappa shape index (κ2) is 6.94. The first kappa shape index (κ1) is 16.5. The molecule has 0 unspecified atom stereocenters. The summed E-state index contributed by atoms with van der Waals surface area (Å²) in [5.74, 6) is 0.887. The Morgan fingerprint density at radius 2 is 2.18 bits per heavy atom. The summed E-state index contributed by atoms with van der Waals surface area (Å²) in [6, 6.07) is 1.81. The van der Waals surface area contributed by atoms with Crippen molar-refractivity contribution in [1.29, 1.82) is 0 Å². The molecule has 1 aliphatic heterocycles. The van der Waals surface area contributed by atoms with Crippen molar-refractivity contribution in [2.75, 3.05) is 19.7 Å². The minimum Gasteiger partial charge on any atom is -0.477 e. The van der Waals surface area contributed by atoms with E-state index >= 15 is 0 Å². The molecule has 0 N–H and O–H groups in total. The molecular weight excluding hydrogens is 282 g/mol. The smallest absolute Gasteiger partial charge is 0.410 e. The van der Waals surface area contributed by atoms with Crippen LogP contribution in [-0.2, 0) is 4.74 Å². The molecule has 2 heterocycles. The molecule has 0 aromatic carbocycles. The largest absolute Gasteiger partial charge is 0.477 e. The fourth-order valence-corrected chi connectivity index (χ4v) is 2.41. The average Bonchev–Trinajstić information content (AvgIpc) is 2.44. The first-order chi connectivity index (χ1) is 10.3. The molecule has 1 aliphatic rings. The number of carbonyl (C=O) groups is 1. The van der Waals surface area contributed by atoms with E-state index in [4.69, 9.17) is 9.47 Å². The van der Waals surface area contributed by atoms with Crippen molar-refractivity contribution >= 4 is 6.09 Å². The van der Waals surface area contributed by atoms with Crippen molar-refractivity contribution in [2.45, 2.75) is 46.1 Å². The molecule has 6 nitrogen and oxygen atoms in total. The number of likely N-dealkylation sites (tertiary alicyclic amines) is 1. The lowest BCUT2D eigenvalue weighted by molar-refractivity contribution is 0.0138. The van der Waals surface area contributed by atoms with Gasteiger partial charge in [0.2, 0.25) is 5.88 Å². The van der Waals surface area contributed by atoms with Crippen LogP contribution in [0.4, 0.5) is 4.79 Å². The maximum atomic E-state index is 12.1. The molecule has 0 spiro atoms. The highest BCUT2D eigenvalue weighted by atomic mass is 16.6. The summed E-state index contributed by atoms with van der Waals surface area (Å²) in [7, 11) is 0. The van der Waals surface area contributed by atoms with Crippen LogP contribution in [0.5, 0.6) is 5.88 Å². The molecule has 0 bridgehead atoms. The highest BCUT2D eigenvalue weighted by Crippen LogP contribution is 2.20. The van der Waals surface area contributed by atoms with Gasteiger partial charge in [-0.05, 0) is 40.5 Å². The van der Waals surface area contributed by atoms with E-state index in [1.54, 1.807) is 4.90 Å². The monoisotopic (exact) mass is 307 g/mol. The van der Waals surface area contributed by atoms with Gasteiger partial charge in [0, 0.05) is 30.8 Å². The van der Waals surface area contributed by atoms with E-state index in [-0.39, 0.29) is 6.09 Å². The quantitative estimate of drug-likeness (QED) is 0.859. The van der Waals surface area contributed by atoms with Gasteiger partial charge < -0.3 is 14.4 Å². The van der Waals surface area contributed by atoms with Gasteiger partial charge in [-0.25, -0.2) is 14.8 Å². The van der Waals surface area contributed by atoms with Crippen LogP contribution in [-0.4, -0.2) is 46.3 Å². The van der Waals surface area contributed by atoms with E-state index in [2.05, 4.69) is 9.97 Å². The molecular formula is C16H25N3O3. The van der Waals surface area contributed by atoms with E-state index in [1.807, 2.05) is 33.8 Å². The van der Waals surface area contributed by atoms with E-state index in [9.17, 15) is 4.79 Å². The maximum Gasteiger partial charge on any atom is 0.410 e. The Kier molecular flexibility index (Phi) is 5.21. The second-order valence-electron chi connectivity index (χ2n) is 6.74. The molecule has 122 valence electrons. The van der Waals surface area contributed by atoms with Crippen molar-refractivity contribution in [3.8, 4) is 5.88 Å². The first-order valence-corrected chi connectivity index (χ1v) is 7.73. The molecule has 1 aromatic rings. The normalized spacial score (nSPS) is 18.9. The summed E-state index contributed by atoms with van der Waals surface area (Å²) in [5, 5.41) is 0. The third kappa shape index (κ3) is 5.16. The van der Waals surface area contributed by atoms with Crippen molar-refractivity contribution in [2.24, 2.45) is 5.92 Å². The number of ether oxygens (including phenoxy) is 2. The van der Waals surface area contributed by atoms with Crippen LogP contribution in [0.25, 0.3) is 0 Å². The van der Waals surface area contributed by atoms with Crippen LogP contribution in [0, 0.1) is 12.8 Å². The number of hydrogen-bond acceptors (Lipinski definition) is 5. The van der Waals surface area contributed by atoms with Gasteiger partial charge in [-0.2, -0.15) is 0 Å². The minimum absolute atomic E-state index is 0.241. The highest BCUT2D eigenvalue weighted by molar-refractivity contribution is 5.68. The van der Waals surface area contributed by atoms with Crippen LogP contribution in [0.2, 0.25) is 0 Å². The SMILES string of the molecule is Cc1cc(OC[C@@H]2CCCN(C(=O)OC(C)(C)C)C2)ncn1. The number of carbonyl (C=O) groups excluding carboxylic acids is 1. The zero-order chi connectivity index (χ0) is 16.2. The molecule has 0 saturated carbocycles. The lowest BCUT2D eigenvalue weighted by Crippen LogP contribution is -2.44. The fourth-order valence-electron chi connectivity index (χ4n) is 2.41. The topological polar surface area (TPSA) is 64.5 Å². The van der Waals surface area contributed by atoms with E-state index in [0.717, 1.165) is 25.1 Å². The Hall–Kier alpha value is -1.85. The van der Waals surface area contributed by atoms with E-state index in [0.29, 0.717) is 24.9 Å². The lowest BCUT2D eigenvalue weighted by atomic mass is 9.99. The number of hydrogen-bond donors (Lipinski definition) is 0. The zero-order valence-electron chi connectivity index (χ0n) is 13.8. The van der Waals surface area contributed by atoms with E-state index < -0.39 is 5.60 Å². The number of aryl methyl sites for hydroxylation is 1. The summed E-state index contributed by atoms with van der Waals surface area (Å²) in [6.45, 7) is 9.51. The van der Waals surface area contributed by atoms with Crippen molar-refractivity contribution in [3.05, 3.63) is 18.1 Å². The third-order valence-electron chi connectivity index (χ3n) is 3.42. The standard InChI is InChI=1S/C16H25N3O3/c1-12-8-14(18-11-17-12)21-10-13-6-5-7-19(9-13)15(20)22-16(2,3)4/h8,11,13H,5-7,9-10H2,1-4H3/t13-/m1/s1. The predicted molar refractivity (Wildman–Crippen MR) is 82.8 cm³/mol. The Labute approximate surface area is 131 Å². The predicted octanol–water partition coefficient (Wildman–Crippen LogP) is 2.81. The van der Waals surface area contributed by atoms with Gasteiger partial charge in [-0.1, -0.05) is 0 Å². The van der Waals surface area contributed by atoms with Crippen molar-refractivity contribution < 1.29 is 14.3 Å². The van der Waals surface area contributed by atoms with Gasteiger partial charge in [0.1, 0.15) is 11.9 Å². The van der Waals surface area contributed by atoms with Gasteiger partial charge in [0.15, 0.2) is 0 Å². The van der Waals surface area contributed by atoms with Crippen LogP contribution >= 0.6 is 0 Å². The van der Waals surface area contributed by atoms with Gasteiger partial charge >= 0.3 is 6.09 Å². The molecule has 6 heteroatoms. The Balaban J connectivity index is 1.84. The minimum atomic E-state index is -0.459. The molecule has 1 atom stereocenters. The second-order valence-corrected chi connectivity index (χ2v) is 6.74. The Morgan fingerprint density at radius 1 is 1.41 bits per heavy atom. The van der Waals surface area contributed by atoms with Crippen LogP contribution in [0.3, 0.4) is 0 Å². The van der Waals surface area contributed by atoms with Gasteiger partial charge in [0.05, 0.1) is 6.61 Å². The maximum absolute atomic E-state index is 12.1. The van der Waals surface area contributed by atoms with Crippen LogP contribution in [0.1, 0.15) is 39.3 Å². The summed E-state index contributed by atoms with van der Waals surface area (Å²) in [6.07, 6.45) is 3.27. The van der Waals surface area contributed by atoms with Crippen molar-refractivity contribution in [1.82, 2.24) is 14.9 Å². The number of nitrogens with zero attached hydrogens (tertiary/aromatic N) is 3. The molecule has 0 aliphatic carbocycles. The Morgan fingerprint density at radius 3 is 2.86 bits per heavy atom. The van der Waals surface area contributed by atoms with Crippen LogP contribution < -0.4 is 4.74 Å². The summed E-state index contributed by atoms with van der Waals surface area (Å²) in [5.41, 5.74) is 0.419. The highest BCUT2D eigenvalue weighted by Gasteiger charge is 2.27. The lowest BCUT2D eigenvalue weighted by Gasteiger charge is -2.33. The summed E-state index contributed by atoms with van der Waals surface area (Å²) in [4.78, 5) is 22.0. The van der Waals surface area contributed by atoms with E-state index in [1.165, 1.54) is 6.33 Å². The average molecular weight is 307 g/mol. The molecule has 22 heavy (non-hydrogen) atoms. The van der Waals surface area contributed by atoms with Crippen molar-refractivity contribution in [3.63, 3.8) is 0 Å². The number of piperidine rings is 1. The molecule has 2 rings (SSSR count). The Bertz CT molecular complexity index is 514. The fraction of sp³-hybridized carbons (Fsp3) is 0.688. The third-order valence-corrected chi connectivity index (χ3v) is 3.42.